The first kappa shape index (κ1) is 15.0. The third-order valence-corrected chi connectivity index (χ3v) is 3.80. The maximum atomic E-state index is 10.5. The molecule has 0 amide bonds. The molecule has 1 N–H and O–H groups in total. The molecule has 0 spiro atoms. The molecule has 1 heterocycles. The number of hydrogen-bond acceptors (Lipinski definition) is 2. The van der Waals surface area contributed by atoms with Gasteiger partial charge in [-0.15, -0.1) is 0 Å². The largest absolute Gasteiger partial charge is 0.390 e. The summed E-state index contributed by atoms with van der Waals surface area (Å²) in [5, 5.41) is 10.5. The van der Waals surface area contributed by atoms with Crippen molar-refractivity contribution in [3.63, 3.8) is 0 Å². The molecule has 1 fully saturated rings. The van der Waals surface area contributed by atoms with Gasteiger partial charge in [0.25, 0.3) is 0 Å². The predicted molar refractivity (Wildman–Crippen MR) is 72.2 cm³/mol. The zero-order valence-corrected chi connectivity index (χ0v) is 11.9. The van der Waals surface area contributed by atoms with Gasteiger partial charge in [-0.1, -0.05) is 45.4 Å². The number of rotatable bonds is 7. The SMILES string of the molecule is CCCCCCCCC1(O)CC(C)OC(C)C1. The van der Waals surface area contributed by atoms with Gasteiger partial charge in [-0.3, -0.25) is 0 Å². The second kappa shape index (κ2) is 7.38. The standard InChI is InChI=1S/C15H30O2/c1-4-5-6-7-8-9-10-15(16)11-13(2)17-14(3)12-15/h13-14,16H,4-12H2,1-3H3. The van der Waals surface area contributed by atoms with E-state index in [-0.39, 0.29) is 12.2 Å². The number of hydrogen-bond donors (Lipinski definition) is 1. The maximum Gasteiger partial charge on any atom is 0.0697 e. The minimum atomic E-state index is -0.457. The molecule has 1 aliphatic rings. The van der Waals surface area contributed by atoms with Gasteiger partial charge in [-0.05, 0) is 20.3 Å². The summed E-state index contributed by atoms with van der Waals surface area (Å²) in [5.74, 6) is 0. The highest BCUT2D eigenvalue weighted by Gasteiger charge is 2.35. The second-order valence-electron chi connectivity index (χ2n) is 5.91. The van der Waals surface area contributed by atoms with E-state index in [2.05, 4.69) is 20.8 Å². The lowest BCUT2D eigenvalue weighted by molar-refractivity contribution is -0.134. The molecule has 1 saturated heterocycles. The van der Waals surface area contributed by atoms with Gasteiger partial charge in [0.1, 0.15) is 0 Å². The maximum absolute atomic E-state index is 10.5. The van der Waals surface area contributed by atoms with Gasteiger partial charge in [0.2, 0.25) is 0 Å². The van der Waals surface area contributed by atoms with E-state index in [1.165, 1.54) is 38.5 Å². The lowest BCUT2D eigenvalue weighted by atomic mass is 9.83. The van der Waals surface area contributed by atoms with Crippen molar-refractivity contribution in [2.75, 3.05) is 0 Å². The molecular formula is C15H30O2. The van der Waals surface area contributed by atoms with Gasteiger partial charge in [0.05, 0.1) is 17.8 Å². The third kappa shape index (κ3) is 5.87. The summed E-state index contributed by atoms with van der Waals surface area (Å²) in [6.07, 6.45) is 10.8. The Morgan fingerprint density at radius 1 is 1.00 bits per heavy atom. The molecule has 0 aromatic carbocycles. The summed E-state index contributed by atoms with van der Waals surface area (Å²) in [7, 11) is 0. The van der Waals surface area contributed by atoms with E-state index in [4.69, 9.17) is 4.74 Å². The Balaban J connectivity index is 2.16. The Bertz CT molecular complexity index is 193. The Hall–Kier alpha value is -0.0800. The topological polar surface area (TPSA) is 29.5 Å². The van der Waals surface area contributed by atoms with Crippen LogP contribution in [0.25, 0.3) is 0 Å². The first-order valence-electron chi connectivity index (χ1n) is 7.43. The van der Waals surface area contributed by atoms with Gasteiger partial charge in [-0.2, -0.15) is 0 Å². The summed E-state index contributed by atoms with van der Waals surface area (Å²) in [6, 6.07) is 0. The molecule has 1 aliphatic heterocycles. The normalized spacial score (nSPS) is 33.9. The monoisotopic (exact) mass is 242 g/mol. The number of ether oxygens (including phenoxy) is 1. The summed E-state index contributed by atoms with van der Waals surface area (Å²) in [5.41, 5.74) is -0.457. The quantitative estimate of drug-likeness (QED) is 0.682. The van der Waals surface area contributed by atoms with Crippen molar-refractivity contribution in [1.82, 2.24) is 0 Å². The number of aliphatic hydroxyl groups is 1. The first-order chi connectivity index (χ1) is 8.06. The van der Waals surface area contributed by atoms with Crippen LogP contribution in [0.3, 0.4) is 0 Å². The second-order valence-corrected chi connectivity index (χ2v) is 5.91. The molecule has 0 saturated carbocycles. The van der Waals surface area contributed by atoms with Gasteiger partial charge in [-0.25, -0.2) is 0 Å². The molecule has 0 aromatic rings. The Morgan fingerprint density at radius 2 is 1.53 bits per heavy atom. The van der Waals surface area contributed by atoms with E-state index in [0.717, 1.165) is 19.3 Å². The molecule has 1 rings (SSSR count). The molecule has 102 valence electrons. The smallest absolute Gasteiger partial charge is 0.0697 e. The minimum Gasteiger partial charge on any atom is -0.390 e. The van der Waals surface area contributed by atoms with E-state index < -0.39 is 5.60 Å². The van der Waals surface area contributed by atoms with Crippen LogP contribution < -0.4 is 0 Å². The van der Waals surface area contributed by atoms with Crippen molar-refractivity contribution in [2.45, 2.75) is 96.4 Å². The number of unbranched alkanes of at least 4 members (excludes halogenated alkanes) is 5. The average Bonchev–Trinajstić information content (AvgIpc) is 2.21. The highest BCUT2D eigenvalue weighted by molar-refractivity contribution is 4.87. The third-order valence-electron chi connectivity index (χ3n) is 3.80. The van der Waals surface area contributed by atoms with Crippen LogP contribution >= 0.6 is 0 Å². The molecule has 0 radical (unpaired) electrons. The van der Waals surface area contributed by atoms with Crippen molar-refractivity contribution in [1.29, 1.82) is 0 Å². The van der Waals surface area contributed by atoms with E-state index >= 15 is 0 Å². The van der Waals surface area contributed by atoms with Crippen LogP contribution in [0, 0.1) is 0 Å². The van der Waals surface area contributed by atoms with E-state index in [1.54, 1.807) is 0 Å². The van der Waals surface area contributed by atoms with Crippen LogP contribution in [0.15, 0.2) is 0 Å². The van der Waals surface area contributed by atoms with E-state index in [0.29, 0.717) is 0 Å². The van der Waals surface area contributed by atoms with Gasteiger partial charge in [0.15, 0.2) is 0 Å². The first-order valence-corrected chi connectivity index (χ1v) is 7.43. The summed E-state index contributed by atoms with van der Waals surface area (Å²) >= 11 is 0. The van der Waals surface area contributed by atoms with E-state index in [1.807, 2.05) is 0 Å². The molecule has 2 nitrogen and oxygen atoms in total. The predicted octanol–water partition coefficient (Wildman–Crippen LogP) is 4.06. The van der Waals surface area contributed by atoms with Gasteiger partial charge in [0, 0.05) is 12.8 Å². The van der Waals surface area contributed by atoms with Crippen LogP contribution in [0.5, 0.6) is 0 Å². The van der Waals surface area contributed by atoms with Crippen LogP contribution in [-0.4, -0.2) is 22.9 Å². The molecule has 0 aromatic heterocycles. The molecule has 0 aliphatic carbocycles. The highest BCUT2D eigenvalue weighted by atomic mass is 16.5. The van der Waals surface area contributed by atoms with Crippen LogP contribution in [0.2, 0.25) is 0 Å². The molecular weight excluding hydrogens is 212 g/mol. The van der Waals surface area contributed by atoms with Crippen molar-refractivity contribution < 1.29 is 9.84 Å². The fourth-order valence-corrected chi connectivity index (χ4v) is 3.08. The summed E-state index contributed by atoms with van der Waals surface area (Å²) < 4.78 is 5.68. The molecule has 2 atom stereocenters. The van der Waals surface area contributed by atoms with Gasteiger partial charge < -0.3 is 9.84 Å². The van der Waals surface area contributed by atoms with Crippen LogP contribution in [0.1, 0.15) is 78.6 Å². The molecule has 2 unspecified atom stereocenters. The Kier molecular flexibility index (Phi) is 6.50. The highest BCUT2D eigenvalue weighted by Crippen LogP contribution is 2.33. The molecule has 2 heteroatoms. The minimum absolute atomic E-state index is 0.212. The van der Waals surface area contributed by atoms with Crippen molar-refractivity contribution in [2.24, 2.45) is 0 Å². The summed E-state index contributed by atoms with van der Waals surface area (Å²) in [6.45, 7) is 6.39. The fraction of sp³-hybridized carbons (Fsp3) is 1.00. The lowest BCUT2D eigenvalue weighted by Crippen LogP contribution is -2.43. The Morgan fingerprint density at radius 3 is 2.12 bits per heavy atom. The van der Waals surface area contributed by atoms with Crippen LogP contribution in [-0.2, 0) is 4.74 Å². The molecule has 0 bridgehead atoms. The zero-order valence-electron chi connectivity index (χ0n) is 11.9. The van der Waals surface area contributed by atoms with E-state index in [9.17, 15) is 5.11 Å². The van der Waals surface area contributed by atoms with Gasteiger partial charge >= 0.3 is 0 Å². The summed E-state index contributed by atoms with van der Waals surface area (Å²) in [4.78, 5) is 0. The van der Waals surface area contributed by atoms with Crippen molar-refractivity contribution >= 4 is 0 Å². The van der Waals surface area contributed by atoms with Crippen LogP contribution in [0.4, 0.5) is 0 Å². The Labute approximate surface area is 107 Å². The van der Waals surface area contributed by atoms with Crippen molar-refractivity contribution in [3.05, 3.63) is 0 Å². The lowest BCUT2D eigenvalue weighted by Gasteiger charge is -2.39. The van der Waals surface area contributed by atoms with Crippen molar-refractivity contribution in [3.8, 4) is 0 Å². The molecule has 17 heavy (non-hydrogen) atoms. The zero-order chi connectivity index (χ0) is 12.7. The average molecular weight is 242 g/mol. The fourth-order valence-electron chi connectivity index (χ4n) is 3.08.